The zero-order valence-corrected chi connectivity index (χ0v) is 15.9. The maximum Gasteiger partial charge on any atom is 0.337 e. The summed E-state index contributed by atoms with van der Waals surface area (Å²) in [5.74, 6) is -0.823. The fourth-order valence-electron chi connectivity index (χ4n) is 2.85. The Labute approximate surface area is 163 Å². The highest BCUT2D eigenvalue weighted by atomic mass is 16.5. The fourth-order valence-corrected chi connectivity index (χ4v) is 2.85. The zero-order valence-electron chi connectivity index (χ0n) is 15.9. The third kappa shape index (κ3) is 4.73. The molecule has 0 unspecified atom stereocenters. The first kappa shape index (κ1) is 19.1. The second kappa shape index (κ2) is 8.35. The monoisotopic (exact) mass is 375 g/mol. The molecule has 0 saturated heterocycles. The quantitative estimate of drug-likeness (QED) is 0.643. The van der Waals surface area contributed by atoms with Crippen LogP contribution in [-0.2, 0) is 4.74 Å². The molecule has 1 aromatic heterocycles. The molecule has 1 heterocycles. The highest BCUT2D eigenvalue weighted by molar-refractivity contribution is 6.03. The van der Waals surface area contributed by atoms with Crippen LogP contribution in [0.3, 0.4) is 0 Å². The van der Waals surface area contributed by atoms with Gasteiger partial charge in [0.2, 0.25) is 0 Å². The van der Waals surface area contributed by atoms with Gasteiger partial charge in [-0.3, -0.25) is 4.79 Å². The normalized spacial score (nSPS) is 10.2. The molecule has 6 heteroatoms. The number of aryl methyl sites for hydroxylation is 2. The van der Waals surface area contributed by atoms with Crippen molar-refractivity contribution in [3.8, 4) is 0 Å². The number of nitrogens with one attached hydrogen (secondary N) is 2. The summed E-state index contributed by atoms with van der Waals surface area (Å²) in [6.45, 7) is 4.08. The van der Waals surface area contributed by atoms with Gasteiger partial charge in [0.25, 0.3) is 5.91 Å². The van der Waals surface area contributed by atoms with Gasteiger partial charge >= 0.3 is 5.97 Å². The SMILES string of the molecule is COC(=O)c1cccc(NC(=O)c2ccc(Nc3cc(C)cc(C)c3)cn2)c1. The average Bonchev–Trinajstić information content (AvgIpc) is 2.67. The zero-order chi connectivity index (χ0) is 20.1. The first-order valence-corrected chi connectivity index (χ1v) is 8.76. The largest absolute Gasteiger partial charge is 0.465 e. The van der Waals surface area contributed by atoms with Gasteiger partial charge in [0, 0.05) is 11.4 Å². The van der Waals surface area contributed by atoms with E-state index < -0.39 is 5.97 Å². The molecule has 3 aromatic rings. The van der Waals surface area contributed by atoms with Crippen LogP contribution in [0.25, 0.3) is 0 Å². The molecular weight excluding hydrogens is 354 g/mol. The van der Waals surface area contributed by atoms with Crippen LogP contribution < -0.4 is 10.6 Å². The molecule has 0 spiro atoms. The number of esters is 1. The molecule has 0 aliphatic heterocycles. The summed E-state index contributed by atoms with van der Waals surface area (Å²) in [6, 6.07) is 16.2. The van der Waals surface area contributed by atoms with Gasteiger partial charge in [-0.1, -0.05) is 12.1 Å². The Hall–Kier alpha value is -3.67. The minimum absolute atomic E-state index is 0.273. The highest BCUT2D eigenvalue weighted by Crippen LogP contribution is 2.19. The van der Waals surface area contributed by atoms with Gasteiger partial charge in [0.05, 0.1) is 24.6 Å². The summed E-state index contributed by atoms with van der Waals surface area (Å²) < 4.78 is 4.69. The molecule has 0 bridgehead atoms. The molecule has 6 nitrogen and oxygen atoms in total. The lowest BCUT2D eigenvalue weighted by Gasteiger charge is -2.10. The lowest BCUT2D eigenvalue weighted by Crippen LogP contribution is -2.14. The Morgan fingerprint density at radius 2 is 1.64 bits per heavy atom. The van der Waals surface area contributed by atoms with Crippen molar-refractivity contribution in [1.82, 2.24) is 4.98 Å². The fraction of sp³-hybridized carbons (Fsp3) is 0.136. The number of pyridine rings is 1. The molecule has 2 aromatic carbocycles. The molecule has 0 radical (unpaired) electrons. The van der Waals surface area contributed by atoms with Crippen molar-refractivity contribution in [3.05, 3.63) is 83.2 Å². The van der Waals surface area contributed by atoms with Gasteiger partial charge in [-0.2, -0.15) is 0 Å². The number of benzene rings is 2. The predicted molar refractivity (Wildman–Crippen MR) is 109 cm³/mol. The van der Waals surface area contributed by atoms with Crippen LogP contribution in [0.5, 0.6) is 0 Å². The third-order valence-corrected chi connectivity index (χ3v) is 4.05. The van der Waals surface area contributed by atoms with Crippen LogP contribution >= 0.6 is 0 Å². The van der Waals surface area contributed by atoms with E-state index in [1.54, 1.807) is 42.6 Å². The molecule has 0 atom stereocenters. The molecule has 3 rings (SSSR count). The number of anilines is 3. The van der Waals surface area contributed by atoms with Crippen LogP contribution in [0.4, 0.5) is 17.1 Å². The smallest absolute Gasteiger partial charge is 0.337 e. The van der Waals surface area contributed by atoms with Gasteiger partial charge in [0.15, 0.2) is 0 Å². The van der Waals surface area contributed by atoms with E-state index in [1.165, 1.54) is 18.2 Å². The number of rotatable bonds is 5. The number of hydrogen-bond donors (Lipinski definition) is 2. The number of amides is 1. The first-order chi connectivity index (χ1) is 13.4. The first-order valence-electron chi connectivity index (χ1n) is 8.76. The minimum atomic E-state index is -0.462. The standard InChI is InChI=1S/C22H21N3O3/c1-14-9-15(2)11-19(10-14)24-18-7-8-20(23-13-18)21(26)25-17-6-4-5-16(12-17)22(27)28-3/h4-13,24H,1-3H3,(H,25,26). The minimum Gasteiger partial charge on any atom is -0.465 e. The van der Waals surface area contributed by atoms with Crippen LogP contribution in [0.15, 0.2) is 60.8 Å². The van der Waals surface area contributed by atoms with Crippen LogP contribution in [0, 0.1) is 13.8 Å². The summed E-state index contributed by atoms with van der Waals surface area (Å²) in [5, 5.41) is 6.01. The molecule has 0 aliphatic carbocycles. The predicted octanol–water partition coefficient (Wildman–Crippen LogP) is 4.48. The second-order valence-corrected chi connectivity index (χ2v) is 6.46. The van der Waals surface area contributed by atoms with Crippen molar-refractivity contribution >= 4 is 28.9 Å². The molecule has 2 N–H and O–H groups in total. The van der Waals surface area contributed by atoms with E-state index in [9.17, 15) is 9.59 Å². The van der Waals surface area contributed by atoms with Gasteiger partial charge in [0.1, 0.15) is 5.69 Å². The van der Waals surface area contributed by atoms with E-state index in [4.69, 9.17) is 0 Å². The number of hydrogen-bond acceptors (Lipinski definition) is 5. The molecule has 0 aliphatic rings. The van der Waals surface area contributed by atoms with Crippen molar-refractivity contribution in [2.24, 2.45) is 0 Å². The van der Waals surface area contributed by atoms with E-state index in [1.807, 2.05) is 26.0 Å². The Morgan fingerprint density at radius 1 is 0.893 bits per heavy atom. The van der Waals surface area contributed by atoms with E-state index in [0.717, 1.165) is 11.4 Å². The van der Waals surface area contributed by atoms with E-state index >= 15 is 0 Å². The Kier molecular flexibility index (Phi) is 5.69. The molecular formula is C22H21N3O3. The molecule has 0 fully saturated rings. The highest BCUT2D eigenvalue weighted by Gasteiger charge is 2.10. The van der Waals surface area contributed by atoms with Gasteiger partial charge in [-0.05, 0) is 67.4 Å². The van der Waals surface area contributed by atoms with E-state index in [2.05, 4.69) is 26.4 Å². The number of ether oxygens (including phenoxy) is 1. The van der Waals surface area contributed by atoms with Crippen molar-refractivity contribution in [2.45, 2.75) is 13.8 Å². The molecule has 0 saturated carbocycles. The van der Waals surface area contributed by atoms with Crippen molar-refractivity contribution in [2.75, 3.05) is 17.7 Å². The molecule has 28 heavy (non-hydrogen) atoms. The number of carbonyl (C=O) groups is 2. The summed E-state index contributed by atoms with van der Waals surface area (Å²) >= 11 is 0. The number of methoxy groups -OCH3 is 1. The van der Waals surface area contributed by atoms with Gasteiger partial charge in [-0.25, -0.2) is 9.78 Å². The second-order valence-electron chi connectivity index (χ2n) is 6.46. The number of carbonyl (C=O) groups excluding carboxylic acids is 2. The molecule has 142 valence electrons. The van der Waals surface area contributed by atoms with E-state index in [-0.39, 0.29) is 11.6 Å². The van der Waals surface area contributed by atoms with Crippen molar-refractivity contribution in [1.29, 1.82) is 0 Å². The lowest BCUT2D eigenvalue weighted by molar-refractivity contribution is 0.0600. The number of aromatic nitrogens is 1. The van der Waals surface area contributed by atoms with Crippen LogP contribution in [-0.4, -0.2) is 24.0 Å². The van der Waals surface area contributed by atoms with Crippen molar-refractivity contribution < 1.29 is 14.3 Å². The van der Waals surface area contributed by atoms with E-state index in [0.29, 0.717) is 11.3 Å². The molecule has 1 amide bonds. The summed E-state index contributed by atoms with van der Waals surface area (Å²) in [5.41, 5.74) is 5.22. The number of nitrogens with zero attached hydrogens (tertiary/aromatic N) is 1. The maximum atomic E-state index is 12.4. The topological polar surface area (TPSA) is 80.3 Å². The van der Waals surface area contributed by atoms with Crippen LogP contribution in [0.1, 0.15) is 32.0 Å². The van der Waals surface area contributed by atoms with Gasteiger partial charge in [-0.15, -0.1) is 0 Å². The summed E-state index contributed by atoms with van der Waals surface area (Å²) in [6.07, 6.45) is 1.61. The Morgan fingerprint density at radius 3 is 2.29 bits per heavy atom. The maximum absolute atomic E-state index is 12.4. The average molecular weight is 375 g/mol. The Balaban J connectivity index is 1.69. The van der Waals surface area contributed by atoms with Crippen molar-refractivity contribution in [3.63, 3.8) is 0 Å². The summed E-state index contributed by atoms with van der Waals surface area (Å²) in [7, 11) is 1.31. The van der Waals surface area contributed by atoms with Gasteiger partial charge < -0.3 is 15.4 Å². The van der Waals surface area contributed by atoms with Crippen LogP contribution in [0.2, 0.25) is 0 Å². The summed E-state index contributed by atoms with van der Waals surface area (Å²) in [4.78, 5) is 28.2. The Bertz CT molecular complexity index is 994. The third-order valence-electron chi connectivity index (χ3n) is 4.05. The lowest BCUT2D eigenvalue weighted by atomic mass is 10.1.